The summed E-state index contributed by atoms with van der Waals surface area (Å²) in [4.78, 5) is 0. The number of hydrogen-bond donors (Lipinski definition) is 1. The third kappa shape index (κ3) is 18.7. The topological polar surface area (TPSA) is 20.2 Å². The summed E-state index contributed by atoms with van der Waals surface area (Å²) in [6.45, 7) is 2.29. The van der Waals surface area contributed by atoms with Gasteiger partial charge in [-0.1, -0.05) is 92.1 Å². The molecule has 0 aromatic heterocycles. The van der Waals surface area contributed by atoms with Crippen LogP contribution >= 0.6 is 12.2 Å². The number of aliphatic hydroxyl groups excluding tert-OH is 1. The predicted molar refractivity (Wildman–Crippen MR) is 117 cm³/mol. The molecule has 1 unspecified atom stereocenters. The van der Waals surface area contributed by atoms with E-state index in [-0.39, 0.29) is 12.5 Å². The zero-order chi connectivity index (χ0) is 18.4. The van der Waals surface area contributed by atoms with Crippen molar-refractivity contribution in [3.63, 3.8) is 0 Å². The van der Waals surface area contributed by atoms with Crippen molar-refractivity contribution in [1.29, 1.82) is 0 Å². The molecule has 0 amide bonds. The maximum atomic E-state index is 9.01. The van der Waals surface area contributed by atoms with Crippen LogP contribution in [0.4, 0.5) is 0 Å². The number of hydrogen-bond acceptors (Lipinski definition) is 2. The lowest BCUT2D eigenvalue weighted by molar-refractivity contribution is 0.265. The van der Waals surface area contributed by atoms with Crippen LogP contribution < -0.4 is 0 Å². The van der Waals surface area contributed by atoms with Crippen LogP contribution in [0.3, 0.4) is 0 Å². The smallest absolute Gasteiger partial charge is 0.0505 e. The minimum Gasteiger partial charge on any atom is -0.396 e. The lowest BCUT2D eigenvalue weighted by atomic mass is 10.1. The van der Waals surface area contributed by atoms with Crippen LogP contribution in [-0.2, 0) is 0 Å². The Morgan fingerprint density at radius 2 is 1.00 bits per heavy atom. The fourth-order valence-corrected chi connectivity index (χ4v) is 2.16. The Balaban J connectivity index is 3.59. The molecule has 0 aliphatic rings. The molecule has 0 fully saturated rings. The number of allylic oxidation sites excluding steroid dienone is 12. The average Bonchev–Trinajstić information content (AvgIpc) is 2.64. The summed E-state index contributed by atoms with van der Waals surface area (Å²) in [5, 5.41) is 10.6. The van der Waals surface area contributed by atoms with E-state index in [2.05, 4.69) is 79.8 Å². The molecule has 0 saturated heterocycles. The van der Waals surface area contributed by atoms with Gasteiger partial charge < -0.3 is 5.11 Å². The lowest BCUT2D eigenvalue weighted by Crippen LogP contribution is -2.04. The maximum Gasteiger partial charge on any atom is 0.0505 e. The van der Waals surface area contributed by atoms with Gasteiger partial charge in [-0.05, 0) is 50.3 Å². The Bertz CT molecular complexity index is 466. The molecular formula is C23H34OS. The monoisotopic (exact) mass is 358 g/mol. The quantitative estimate of drug-likeness (QED) is 0.260. The summed E-state index contributed by atoms with van der Waals surface area (Å²) in [6, 6.07) is 0. The first-order valence-electron chi connectivity index (χ1n) is 9.31. The molecular weight excluding hydrogens is 324 g/mol. The zero-order valence-electron chi connectivity index (χ0n) is 15.6. The second kappa shape index (κ2) is 20.5. The molecule has 0 rings (SSSR count). The van der Waals surface area contributed by atoms with Gasteiger partial charge >= 0.3 is 0 Å². The van der Waals surface area contributed by atoms with Crippen molar-refractivity contribution in [3.8, 4) is 0 Å². The van der Waals surface area contributed by atoms with E-state index in [4.69, 9.17) is 17.3 Å². The van der Waals surface area contributed by atoms with E-state index in [0.717, 1.165) is 44.9 Å². The van der Waals surface area contributed by atoms with E-state index < -0.39 is 0 Å². The van der Waals surface area contributed by atoms with E-state index in [1.165, 1.54) is 0 Å². The van der Waals surface area contributed by atoms with Gasteiger partial charge in [-0.3, -0.25) is 0 Å². The van der Waals surface area contributed by atoms with Crippen LogP contribution in [0, 0.1) is 5.92 Å². The van der Waals surface area contributed by atoms with Crippen molar-refractivity contribution >= 4 is 17.6 Å². The van der Waals surface area contributed by atoms with Crippen LogP contribution in [0.1, 0.15) is 51.9 Å². The zero-order valence-corrected chi connectivity index (χ0v) is 16.4. The van der Waals surface area contributed by atoms with Crippen LogP contribution in [0.25, 0.3) is 0 Å². The minimum absolute atomic E-state index is 0.111. The Labute approximate surface area is 160 Å². The summed E-state index contributed by atoms with van der Waals surface area (Å²) in [6.07, 6.45) is 33.1. The second-order valence-electron chi connectivity index (χ2n) is 5.73. The Kier molecular flexibility index (Phi) is 19.3. The minimum atomic E-state index is 0.111. The van der Waals surface area contributed by atoms with Gasteiger partial charge in [0.1, 0.15) is 0 Å². The molecule has 0 spiro atoms. The summed E-state index contributed by atoms with van der Waals surface area (Å²) in [7, 11) is 0. The molecule has 1 nitrogen and oxygen atoms in total. The first-order chi connectivity index (χ1) is 12.3. The highest BCUT2D eigenvalue weighted by Gasteiger charge is 1.97. The Morgan fingerprint density at radius 3 is 1.32 bits per heavy atom. The number of rotatable bonds is 15. The highest BCUT2D eigenvalue weighted by atomic mass is 32.1. The van der Waals surface area contributed by atoms with Crippen molar-refractivity contribution in [2.45, 2.75) is 51.9 Å². The van der Waals surface area contributed by atoms with Gasteiger partial charge in [0.25, 0.3) is 0 Å². The standard InChI is InChI=1S/C23H34OS/c1-2-3-4-5-6-7-8-9-10-11-12-13-14-15-16-17-18-19-20-23(21-24)22-25/h3-4,6-7,9-10,12-13,15-16,18-19,22-24H,2,5,8,11,14,17,20-21H2,1H3. The van der Waals surface area contributed by atoms with E-state index in [1.54, 1.807) is 5.37 Å². The Hall–Kier alpha value is -1.51. The molecule has 138 valence electrons. The third-order valence-electron chi connectivity index (χ3n) is 3.46. The number of thiocarbonyl (C=S) groups is 1. The maximum absolute atomic E-state index is 9.01. The molecule has 0 aliphatic heterocycles. The predicted octanol–water partition coefficient (Wildman–Crippen LogP) is 6.68. The van der Waals surface area contributed by atoms with Gasteiger partial charge in [0.05, 0.1) is 6.61 Å². The normalized spacial score (nSPS) is 14.3. The van der Waals surface area contributed by atoms with E-state index >= 15 is 0 Å². The highest BCUT2D eigenvalue weighted by molar-refractivity contribution is 7.79. The summed E-state index contributed by atoms with van der Waals surface area (Å²) < 4.78 is 0. The highest BCUT2D eigenvalue weighted by Crippen LogP contribution is 2.01. The second-order valence-corrected chi connectivity index (χ2v) is 6.00. The summed E-state index contributed by atoms with van der Waals surface area (Å²) in [5.41, 5.74) is 0. The molecule has 1 atom stereocenters. The lowest BCUT2D eigenvalue weighted by Gasteiger charge is -2.01. The van der Waals surface area contributed by atoms with Gasteiger partial charge in [-0.2, -0.15) is 0 Å². The molecule has 0 radical (unpaired) electrons. The third-order valence-corrected chi connectivity index (χ3v) is 3.85. The SMILES string of the molecule is CCC=CCC=CCC=CCC=CCC=CCC=CCC(C=S)CO. The van der Waals surface area contributed by atoms with Crippen LogP contribution in [0.2, 0.25) is 0 Å². The number of aliphatic hydroxyl groups is 1. The van der Waals surface area contributed by atoms with E-state index in [9.17, 15) is 0 Å². The van der Waals surface area contributed by atoms with Crippen molar-refractivity contribution in [2.24, 2.45) is 5.92 Å². The molecule has 0 bridgehead atoms. The molecule has 1 N–H and O–H groups in total. The fraction of sp³-hybridized carbons (Fsp3) is 0.435. The Morgan fingerprint density at radius 1 is 0.640 bits per heavy atom. The van der Waals surface area contributed by atoms with E-state index in [0.29, 0.717) is 0 Å². The van der Waals surface area contributed by atoms with Crippen LogP contribution in [0.5, 0.6) is 0 Å². The van der Waals surface area contributed by atoms with Crippen molar-refractivity contribution < 1.29 is 5.11 Å². The van der Waals surface area contributed by atoms with Crippen LogP contribution in [0.15, 0.2) is 72.9 Å². The molecule has 0 aromatic rings. The molecule has 25 heavy (non-hydrogen) atoms. The first kappa shape index (κ1) is 23.5. The first-order valence-corrected chi connectivity index (χ1v) is 9.78. The molecule has 0 aliphatic carbocycles. The summed E-state index contributed by atoms with van der Waals surface area (Å²) >= 11 is 4.84. The van der Waals surface area contributed by atoms with Gasteiger partial charge in [0, 0.05) is 5.92 Å². The fourth-order valence-electron chi connectivity index (χ4n) is 1.97. The van der Waals surface area contributed by atoms with Gasteiger partial charge in [-0.25, -0.2) is 0 Å². The summed E-state index contributed by atoms with van der Waals surface area (Å²) in [5.74, 6) is 0.111. The van der Waals surface area contributed by atoms with Gasteiger partial charge in [-0.15, -0.1) is 0 Å². The molecule has 0 saturated carbocycles. The molecule has 2 heteroatoms. The van der Waals surface area contributed by atoms with Crippen LogP contribution in [-0.4, -0.2) is 17.1 Å². The average molecular weight is 359 g/mol. The van der Waals surface area contributed by atoms with E-state index in [1.807, 2.05) is 0 Å². The van der Waals surface area contributed by atoms with Crippen molar-refractivity contribution in [3.05, 3.63) is 72.9 Å². The van der Waals surface area contributed by atoms with Crippen molar-refractivity contribution in [2.75, 3.05) is 6.61 Å². The largest absolute Gasteiger partial charge is 0.396 e. The molecule has 0 heterocycles. The molecule has 0 aromatic carbocycles. The van der Waals surface area contributed by atoms with Crippen molar-refractivity contribution in [1.82, 2.24) is 0 Å². The van der Waals surface area contributed by atoms with Gasteiger partial charge in [0.15, 0.2) is 0 Å². The van der Waals surface area contributed by atoms with Gasteiger partial charge in [0.2, 0.25) is 0 Å².